The number of halogens is 3. The molecule has 0 fully saturated rings. The number of nitrogens with one attached hydrogen (secondary N) is 1. The third-order valence-corrected chi connectivity index (χ3v) is 3.62. The Labute approximate surface area is 155 Å². The van der Waals surface area contributed by atoms with E-state index >= 15 is 0 Å². The number of aromatic nitrogens is 2. The molecule has 0 atom stereocenters. The minimum atomic E-state index is -0.406. The molecule has 1 aromatic heterocycles. The number of nitrogens with zero attached hydrogens (tertiary/aromatic N) is 4. The van der Waals surface area contributed by atoms with Crippen LogP contribution < -0.4 is 5.32 Å². The van der Waals surface area contributed by atoms with E-state index in [9.17, 15) is 4.39 Å². The first-order valence-corrected chi connectivity index (χ1v) is 8.17. The molecule has 5 nitrogen and oxygen atoms in total. The third kappa shape index (κ3) is 5.34. The topological polar surface area (TPSA) is 62.5 Å². The largest absolute Gasteiger partial charge is 0.365 e. The van der Waals surface area contributed by atoms with Crippen LogP contribution in [0.25, 0.3) is 5.57 Å². The summed E-state index contributed by atoms with van der Waals surface area (Å²) in [6.45, 7) is 6.15. The van der Waals surface area contributed by atoms with Gasteiger partial charge in [-0.25, -0.2) is 14.4 Å². The predicted molar refractivity (Wildman–Crippen MR) is 102 cm³/mol. The molecule has 25 heavy (non-hydrogen) atoms. The number of benzene rings is 1. The Bertz CT molecular complexity index is 821. The van der Waals surface area contributed by atoms with Crippen LogP contribution >= 0.6 is 23.2 Å². The van der Waals surface area contributed by atoms with Crippen molar-refractivity contribution in [2.75, 3.05) is 11.9 Å². The number of anilines is 1. The van der Waals surface area contributed by atoms with Crippen molar-refractivity contribution in [1.82, 2.24) is 9.97 Å². The molecule has 0 spiro atoms. The summed E-state index contributed by atoms with van der Waals surface area (Å²) in [6.07, 6.45) is 4.58. The molecule has 1 heterocycles. The standard InChI is InChI=1S/C17H16Cl2FN5/c1-3-22-8-12(7-21-2)16-24-10-14(19)17(25-16)23-9-11-4-5-13(18)6-15(11)20/h4-8,10H,2-3,9H2,1H3,(H,23,24,25)/b12-7+,22-8?. The van der Waals surface area contributed by atoms with Crippen LogP contribution in [0.2, 0.25) is 10.0 Å². The van der Waals surface area contributed by atoms with Crippen LogP contribution in [0, 0.1) is 5.82 Å². The maximum atomic E-state index is 13.9. The Morgan fingerprint density at radius 2 is 2.20 bits per heavy atom. The molecular weight excluding hydrogens is 364 g/mol. The average Bonchev–Trinajstić information content (AvgIpc) is 2.59. The first-order chi connectivity index (χ1) is 12.0. The highest BCUT2D eigenvalue weighted by molar-refractivity contribution is 6.32. The molecule has 8 heteroatoms. The van der Waals surface area contributed by atoms with Crippen molar-refractivity contribution >= 4 is 47.5 Å². The van der Waals surface area contributed by atoms with Gasteiger partial charge in [0.15, 0.2) is 5.82 Å². The van der Waals surface area contributed by atoms with Crippen molar-refractivity contribution in [2.24, 2.45) is 9.98 Å². The Balaban J connectivity index is 2.24. The summed E-state index contributed by atoms with van der Waals surface area (Å²) in [5.41, 5.74) is 1.03. The molecule has 0 aliphatic carbocycles. The lowest BCUT2D eigenvalue weighted by atomic mass is 10.2. The van der Waals surface area contributed by atoms with Crippen molar-refractivity contribution in [3.8, 4) is 0 Å². The highest BCUT2D eigenvalue weighted by Crippen LogP contribution is 2.22. The van der Waals surface area contributed by atoms with Gasteiger partial charge >= 0.3 is 0 Å². The van der Waals surface area contributed by atoms with Gasteiger partial charge in [-0.05, 0) is 25.8 Å². The van der Waals surface area contributed by atoms with E-state index in [0.29, 0.717) is 39.4 Å². The molecule has 2 aromatic rings. The van der Waals surface area contributed by atoms with E-state index in [1.807, 2.05) is 6.92 Å². The first kappa shape index (κ1) is 19.0. The van der Waals surface area contributed by atoms with Crippen molar-refractivity contribution in [3.63, 3.8) is 0 Å². The molecule has 130 valence electrons. The highest BCUT2D eigenvalue weighted by Gasteiger charge is 2.10. The minimum absolute atomic E-state index is 0.195. The van der Waals surface area contributed by atoms with Gasteiger partial charge in [0.25, 0.3) is 0 Å². The SMILES string of the molecule is C=N/C=C(\C=NCC)c1ncc(Cl)c(NCc2ccc(Cl)cc2F)n1. The van der Waals surface area contributed by atoms with E-state index in [-0.39, 0.29) is 6.54 Å². The third-order valence-electron chi connectivity index (χ3n) is 3.11. The molecular formula is C17H16Cl2FN5. The van der Waals surface area contributed by atoms with E-state index in [4.69, 9.17) is 23.2 Å². The number of hydrogen-bond acceptors (Lipinski definition) is 5. The molecule has 2 rings (SSSR count). The number of rotatable bonds is 7. The summed E-state index contributed by atoms with van der Waals surface area (Å²) in [7, 11) is 0. The monoisotopic (exact) mass is 379 g/mol. The fourth-order valence-electron chi connectivity index (χ4n) is 1.91. The minimum Gasteiger partial charge on any atom is -0.365 e. The molecule has 0 aliphatic heterocycles. The first-order valence-electron chi connectivity index (χ1n) is 7.41. The van der Waals surface area contributed by atoms with E-state index < -0.39 is 5.82 Å². The zero-order chi connectivity index (χ0) is 18.2. The molecule has 0 saturated heterocycles. The molecule has 0 saturated carbocycles. The summed E-state index contributed by atoms with van der Waals surface area (Å²) in [5, 5.41) is 3.65. The second-order valence-electron chi connectivity index (χ2n) is 4.87. The number of allylic oxidation sites excluding steroid dienone is 1. The summed E-state index contributed by atoms with van der Waals surface area (Å²) < 4.78 is 13.9. The molecule has 0 amide bonds. The second-order valence-corrected chi connectivity index (χ2v) is 5.72. The zero-order valence-electron chi connectivity index (χ0n) is 13.5. The van der Waals surface area contributed by atoms with Crippen molar-refractivity contribution < 1.29 is 4.39 Å². The Hall–Kier alpha value is -2.31. The van der Waals surface area contributed by atoms with Crippen LogP contribution in [0.3, 0.4) is 0 Å². The van der Waals surface area contributed by atoms with Crippen LogP contribution in [0.4, 0.5) is 10.2 Å². The van der Waals surface area contributed by atoms with Gasteiger partial charge in [0.2, 0.25) is 0 Å². The normalized spacial score (nSPS) is 11.8. The fraction of sp³-hybridized carbons (Fsp3) is 0.176. The van der Waals surface area contributed by atoms with Crippen LogP contribution in [0.15, 0.2) is 40.6 Å². The summed E-state index contributed by atoms with van der Waals surface area (Å²) in [6, 6.07) is 4.47. The van der Waals surface area contributed by atoms with Crippen molar-refractivity contribution in [3.05, 3.63) is 57.8 Å². The lowest BCUT2D eigenvalue weighted by molar-refractivity contribution is 0.613. The molecule has 0 unspecified atom stereocenters. The van der Waals surface area contributed by atoms with Gasteiger partial charge in [-0.1, -0.05) is 29.3 Å². The molecule has 0 radical (unpaired) electrons. The van der Waals surface area contributed by atoms with E-state index in [0.717, 1.165) is 0 Å². The summed E-state index contributed by atoms with van der Waals surface area (Å²) in [5.74, 6) is 0.353. The van der Waals surface area contributed by atoms with Gasteiger partial charge in [0.1, 0.15) is 16.7 Å². The maximum Gasteiger partial charge on any atom is 0.164 e. The summed E-state index contributed by atoms with van der Waals surface area (Å²) >= 11 is 11.9. The fourth-order valence-corrected chi connectivity index (χ4v) is 2.23. The lowest BCUT2D eigenvalue weighted by Crippen LogP contribution is -2.06. The number of aliphatic imine (C=N–C) groups is 2. The van der Waals surface area contributed by atoms with Gasteiger partial charge < -0.3 is 5.32 Å². The van der Waals surface area contributed by atoms with Gasteiger partial charge in [-0.2, -0.15) is 0 Å². The highest BCUT2D eigenvalue weighted by atomic mass is 35.5. The van der Waals surface area contributed by atoms with Gasteiger partial charge in [0.05, 0.1) is 11.8 Å². The second kappa shape index (κ2) is 9.25. The van der Waals surface area contributed by atoms with Crippen molar-refractivity contribution in [1.29, 1.82) is 0 Å². The molecule has 0 aliphatic rings. The predicted octanol–water partition coefficient (Wildman–Crippen LogP) is 4.67. The molecule has 0 bridgehead atoms. The number of hydrogen-bond donors (Lipinski definition) is 1. The average molecular weight is 380 g/mol. The smallest absolute Gasteiger partial charge is 0.164 e. The maximum absolute atomic E-state index is 13.9. The van der Waals surface area contributed by atoms with E-state index in [1.165, 1.54) is 18.5 Å². The van der Waals surface area contributed by atoms with Crippen LogP contribution in [-0.4, -0.2) is 29.4 Å². The summed E-state index contributed by atoms with van der Waals surface area (Å²) in [4.78, 5) is 16.4. The van der Waals surface area contributed by atoms with Gasteiger partial charge in [-0.15, -0.1) is 0 Å². The Morgan fingerprint density at radius 3 is 2.88 bits per heavy atom. The van der Waals surface area contributed by atoms with E-state index in [1.54, 1.807) is 18.3 Å². The van der Waals surface area contributed by atoms with Gasteiger partial charge in [-0.3, -0.25) is 9.98 Å². The molecule has 1 N–H and O–H groups in total. The Morgan fingerprint density at radius 1 is 1.40 bits per heavy atom. The van der Waals surface area contributed by atoms with Crippen LogP contribution in [0.1, 0.15) is 18.3 Å². The van der Waals surface area contributed by atoms with E-state index in [2.05, 4.69) is 32.0 Å². The lowest BCUT2D eigenvalue weighted by Gasteiger charge is -2.10. The quantitative estimate of drug-likeness (QED) is 0.711. The molecule has 1 aromatic carbocycles. The van der Waals surface area contributed by atoms with Crippen LogP contribution in [-0.2, 0) is 6.54 Å². The zero-order valence-corrected chi connectivity index (χ0v) is 15.0. The van der Waals surface area contributed by atoms with Crippen molar-refractivity contribution in [2.45, 2.75) is 13.5 Å². The van der Waals surface area contributed by atoms with Crippen LogP contribution in [0.5, 0.6) is 0 Å². The Kier molecular flexibility index (Phi) is 7.03. The van der Waals surface area contributed by atoms with Gasteiger partial charge in [0, 0.05) is 36.1 Å².